The zero-order chi connectivity index (χ0) is 25.3. The van der Waals surface area contributed by atoms with Crippen molar-refractivity contribution >= 4 is 34.0 Å². The Labute approximate surface area is 208 Å². The maximum Gasteiger partial charge on any atom is 0.285 e. The van der Waals surface area contributed by atoms with Crippen molar-refractivity contribution in [2.45, 2.75) is 12.5 Å². The second kappa shape index (κ2) is 9.14. The monoisotopic (exact) mass is 482 g/mol. The Kier molecular flexibility index (Phi) is 5.85. The first-order valence-corrected chi connectivity index (χ1v) is 11.6. The molecule has 0 fully saturated rings. The average molecular weight is 483 g/mol. The van der Waals surface area contributed by atoms with Crippen molar-refractivity contribution in [1.29, 1.82) is 0 Å². The number of hydrogen-bond acceptors (Lipinski definition) is 6. The van der Waals surface area contributed by atoms with Crippen LogP contribution in [-0.2, 0) is 9.53 Å². The third-order valence-corrected chi connectivity index (χ3v) is 6.40. The van der Waals surface area contributed by atoms with E-state index in [0.29, 0.717) is 22.5 Å². The second-order valence-electron chi connectivity index (χ2n) is 8.83. The van der Waals surface area contributed by atoms with Gasteiger partial charge in [-0.05, 0) is 42.0 Å². The van der Waals surface area contributed by atoms with E-state index in [1.54, 1.807) is 24.3 Å². The lowest BCUT2D eigenvalue weighted by molar-refractivity contribution is -0.119. The molecule has 6 N–H and O–H groups in total. The Morgan fingerprint density at radius 2 is 1.81 bits per heavy atom. The number of nitrogens with two attached hydrogens (primary N) is 1. The first-order valence-electron chi connectivity index (χ1n) is 11.6. The zero-order valence-corrected chi connectivity index (χ0v) is 19.6. The van der Waals surface area contributed by atoms with E-state index in [-0.39, 0.29) is 29.7 Å². The number of primary amides is 1. The summed E-state index contributed by atoms with van der Waals surface area (Å²) in [6.07, 6.45) is 7.58. The van der Waals surface area contributed by atoms with E-state index in [1.807, 2.05) is 67.6 Å². The summed E-state index contributed by atoms with van der Waals surface area (Å²) in [6.45, 7) is 2.03. The van der Waals surface area contributed by atoms with Crippen LogP contribution in [0.5, 0.6) is 5.75 Å². The molecule has 3 aromatic rings. The van der Waals surface area contributed by atoms with Gasteiger partial charge in [0.25, 0.3) is 11.8 Å². The fourth-order valence-corrected chi connectivity index (χ4v) is 4.64. The predicted molar refractivity (Wildman–Crippen MR) is 139 cm³/mol. The quantitative estimate of drug-likeness (QED) is 0.256. The van der Waals surface area contributed by atoms with Gasteiger partial charge in [-0.1, -0.05) is 60.7 Å². The summed E-state index contributed by atoms with van der Waals surface area (Å²) in [6, 6.07) is 18.2. The number of hydrogen-bond donors (Lipinski definition) is 5. The number of carbonyl (C=O) groups excluding carboxylic acids is 2. The first-order chi connectivity index (χ1) is 17.4. The van der Waals surface area contributed by atoms with Crippen LogP contribution in [0.15, 0.2) is 96.4 Å². The van der Waals surface area contributed by atoms with Crippen LogP contribution in [0.4, 0.5) is 11.4 Å². The SMILES string of the molecule is CC12C=CC=CC1C(NCNc1cc3ccccc3c(C(=O)Nc3ccccc3)c1O)=C(C(N)=O)O2. The third kappa shape index (κ3) is 4.13. The van der Waals surface area contributed by atoms with Crippen molar-refractivity contribution in [3.05, 3.63) is 102 Å². The van der Waals surface area contributed by atoms with Crippen LogP contribution in [0.3, 0.4) is 0 Å². The number of benzene rings is 3. The molecule has 0 spiro atoms. The predicted octanol–water partition coefficient (Wildman–Crippen LogP) is 3.98. The molecule has 1 aliphatic heterocycles. The molecule has 1 heterocycles. The Balaban J connectivity index is 1.42. The van der Waals surface area contributed by atoms with Crippen LogP contribution in [0.2, 0.25) is 0 Å². The minimum absolute atomic E-state index is 0.0751. The first kappa shape index (κ1) is 23.0. The van der Waals surface area contributed by atoms with Crippen LogP contribution in [-0.4, -0.2) is 29.2 Å². The fourth-order valence-electron chi connectivity index (χ4n) is 4.64. The van der Waals surface area contributed by atoms with Crippen molar-refractivity contribution < 1.29 is 19.4 Å². The molecule has 0 bridgehead atoms. The van der Waals surface area contributed by atoms with E-state index < -0.39 is 17.4 Å². The lowest BCUT2D eigenvalue weighted by Crippen LogP contribution is -2.35. The molecule has 1 aliphatic carbocycles. The maximum absolute atomic E-state index is 13.2. The number of anilines is 2. The van der Waals surface area contributed by atoms with Gasteiger partial charge in [-0.25, -0.2) is 0 Å². The van der Waals surface area contributed by atoms with Crippen LogP contribution in [0.25, 0.3) is 10.8 Å². The topological polar surface area (TPSA) is 126 Å². The number of ether oxygens (including phenoxy) is 1. The van der Waals surface area contributed by atoms with Crippen LogP contribution in [0, 0.1) is 5.92 Å². The lowest BCUT2D eigenvalue weighted by atomic mass is 9.84. The molecule has 3 aromatic carbocycles. The van der Waals surface area contributed by atoms with Gasteiger partial charge in [0.2, 0.25) is 5.76 Å². The normalized spacial score (nSPS) is 20.1. The molecule has 8 nitrogen and oxygen atoms in total. The highest BCUT2D eigenvalue weighted by Crippen LogP contribution is 2.42. The molecule has 0 aromatic heterocycles. The van der Waals surface area contributed by atoms with Crippen LogP contribution < -0.4 is 21.7 Å². The van der Waals surface area contributed by atoms with E-state index in [9.17, 15) is 14.7 Å². The molecule has 2 aliphatic rings. The Morgan fingerprint density at radius 1 is 1.06 bits per heavy atom. The molecular formula is C28H26N4O4. The van der Waals surface area contributed by atoms with Crippen molar-refractivity contribution in [1.82, 2.24) is 5.32 Å². The van der Waals surface area contributed by atoms with Gasteiger partial charge >= 0.3 is 0 Å². The zero-order valence-electron chi connectivity index (χ0n) is 19.6. The van der Waals surface area contributed by atoms with E-state index in [4.69, 9.17) is 10.5 Å². The van der Waals surface area contributed by atoms with Crippen molar-refractivity contribution in [2.24, 2.45) is 11.7 Å². The number of phenols is 1. The number of nitrogens with one attached hydrogen (secondary N) is 3. The molecule has 5 rings (SSSR count). The number of aromatic hydroxyl groups is 1. The molecule has 2 amide bonds. The maximum atomic E-state index is 13.2. The van der Waals surface area contributed by atoms with Gasteiger partial charge in [-0.15, -0.1) is 0 Å². The summed E-state index contributed by atoms with van der Waals surface area (Å²) in [7, 11) is 0. The van der Waals surface area contributed by atoms with Crippen LogP contribution >= 0.6 is 0 Å². The van der Waals surface area contributed by atoms with Gasteiger partial charge < -0.3 is 31.5 Å². The second-order valence-corrected chi connectivity index (χ2v) is 8.83. The number of para-hydroxylation sites is 1. The van der Waals surface area contributed by atoms with Gasteiger partial charge in [0, 0.05) is 5.69 Å². The number of fused-ring (bicyclic) bond motifs is 2. The highest BCUT2D eigenvalue weighted by molar-refractivity contribution is 6.16. The molecule has 0 saturated heterocycles. The molecule has 182 valence electrons. The molecule has 2 atom stereocenters. The molecule has 8 heteroatoms. The minimum atomic E-state index is -0.713. The molecular weight excluding hydrogens is 456 g/mol. The van der Waals surface area contributed by atoms with E-state index in [2.05, 4.69) is 16.0 Å². The van der Waals surface area contributed by atoms with E-state index in [1.165, 1.54) is 0 Å². The van der Waals surface area contributed by atoms with Gasteiger partial charge in [0.1, 0.15) is 5.60 Å². The number of carbonyl (C=O) groups is 2. The summed E-state index contributed by atoms with van der Waals surface area (Å²) in [5.41, 5.74) is 6.56. The average Bonchev–Trinajstić information content (AvgIpc) is 3.17. The molecule has 36 heavy (non-hydrogen) atoms. The Morgan fingerprint density at radius 3 is 2.58 bits per heavy atom. The van der Waals surface area contributed by atoms with Gasteiger partial charge in [-0.2, -0.15) is 0 Å². The van der Waals surface area contributed by atoms with Gasteiger partial charge in [-0.3, -0.25) is 9.59 Å². The standard InChI is InChI=1S/C28H26N4O4/c1-28-14-8-7-13-20(28)23(25(36-28)26(29)34)31-16-30-21-15-17-9-5-6-12-19(17)22(24(21)33)27(35)32-18-10-3-2-4-11-18/h2-15,20,30-31,33H,16H2,1H3,(H2,29,34)(H,32,35). The smallest absolute Gasteiger partial charge is 0.285 e. The number of rotatable bonds is 7. The van der Waals surface area contributed by atoms with Gasteiger partial charge in [0.05, 0.1) is 29.5 Å². The molecule has 0 radical (unpaired) electrons. The summed E-state index contributed by atoms with van der Waals surface area (Å²) in [4.78, 5) is 25.2. The number of allylic oxidation sites excluding steroid dienone is 2. The lowest BCUT2D eigenvalue weighted by Gasteiger charge is -2.29. The van der Waals surface area contributed by atoms with Crippen LogP contribution in [0.1, 0.15) is 17.3 Å². The highest BCUT2D eigenvalue weighted by Gasteiger charge is 2.46. The minimum Gasteiger partial charge on any atom is -0.505 e. The van der Waals surface area contributed by atoms with Crippen molar-refractivity contribution in [3.63, 3.8) is 0 Å². The summed E-state index contributed by atoms with van der Waals surface area (Å²) < 4.78 is 5.89. The number of amides is 2. The highest BCUT2D eigenvalue weighted by atomic mass is 16.5. The van der Waals surface area contributed by atoms with E-state index in [0.717, 1.165) is 5.39 Å². The van der Waals surface area contributed by atoms with Crippen molar-refractivity contribution in [2.75, 3.05) is 17.3 Å². The van der Waals surface area contributed by atoms with Gasteiger partial charge in [0.15, 0.2) is 5.75 Å². The van der Waals surface area contributed by atoms with Crippen molar-refractivity contribution in [3.8, 4) is 5.75 Å². The Hall–Kier alpha value is -4.72. The number of phenolic OH excluding ortho intramolecular Hbond substituents is 1. The molecule has 0 saturated carbocycles. The fraction of sp³-hybridized carbons (Fsp3) is 0.143. The van der Waals surface area contributed by atoms with E-state index >= 15 is 0 Å². The molecule has 2 unspecified atom stereocenters. The third-order valence-electron chi connectivity index (χ3n) is 6.40. The summed E-state index contributed by atoms with van der Waals surface area (Å²) >= 11 is 0. The summed E-state index contributed by atoms with van der Waals surface area (Å²) in [5.74, 6) is -1.41. The largest absolute Gasteiger partial charge is 0.505 e. The Bertz CT molecular complexity index is 1440. The summed E-state index contributed by atoms with van der Waals surface area (Å²) in [5, 5.41) is 21.7.